The Balaban J connectivity index is 2.26. The number of nitrogens with one attached hydrogen (secondary N) is 1. The summed E-state index contributed by atoms with van der Waals surface area (Å²) >= 11 is 16.5. The van der Waals surface area contributed by atoms with Crippen LogP contribution in [-0.4, -0.2) is 4.99 Å². The minimum Gasteiger partial charge on any atom is -0.389 e. The highest BCUT2D eigenvalue weighted by atomic mass is 35.5. The molecule has 19 heavy (non-hydrogen) atoms. The van der Waals surface area contributed by atoms with Crippen LogP contribution in [0, 0.1) is 5.82 Å². The van der Waals surface area contributed by atoms with Gasteiger partial charge in [-0.05, 0) is 36.4 Å². The topological polar surface area (TPSA) is 38.0 Å². The molecule has 3 N–H and O–H groups in total. The van der Waals surface area contributed by atoms with E-state index < -0.39 is 5.82 Å². The Kier molecular flexibility index (Phi) is 4.24. The van der Waals surface area contributed by atoms with Gasteiger partial charge in [-0.15, -0.1) is 0 Å². The van der Waals surface area contributed by atoms with E-state index in [1.54, 1.807) is 24.3 Å². The summed E-state index contributed by atoms with van der Waals surface area (Å²) in [5.41, 5.74) is 6.88. The summed E-state index contributed by atoms with van der Waals surface area (Å²) < 4.78 is 13.7. The number of thiocarbonyl (C=S) groups is 1. The Morgan fingerprint density at radius 1 is 1.05 bits per heavy atom. The maximum Gasteiger partial charge on any atom is 0.135 e. The van der Waals surface area contributed by atoms with E-state index >= 15 is 0 Å². The lowest BCUT2D eigenvalue weighted by molar-refractivity contribution is 0.626. The van der Waals surface area contributed by atoms with Crippen molar-refractivity contribution in [3.8, 4) is 0 Å². The van der Waals surface area contributed by atoms with Gasteiger partial charge >= 0.3 is 0 Å². The van der Waals surface area contributed by atoms with Gasteiger partial charge in [-0.1, -0.05) is 35.4 Å². The standard InChI is InChI=1S/C13H9Cl2FN2S/c14-10-4-2-7(5-11(10)15)18-8-1-3-9(13(17)19)12(16)6-8/h1-6,18H,(H2,17,19). The average Bonchev–Trinajstić information content (AvgIpc) is 2.33. The van der Waals surface area contributed by atoms with Crippen molar-refractivity contribution in [3.05, 3.63) is 57.8 Å². The van der Waals surface area contributed by atoms with Crippen molar-refractivity contribution >= 4 is 51.8 Å². The fourth-order valence-corrected chi connectivity index (χ4v) is 2.00. The third-order valence-corrected chi connectivity index (χ3v) is 3.40. The van der Waals surface area contributed by atoms with Crippen LogP contribution in [0.3, 0.4) is 0 Å². The molecule has 0 aromatic heterocycles. The number of hydrogen-bond acceptors (Lipinski definition) is 2. The Labute approximate surface area is 125 Å². The lowest BCUT2D eigenvalue weighted by atomic mass is 10.2. The molecule has 0 saturated carbocycles. The van der Waals surface area contributed by atoms with Gasteiger partial charge in [-0.2, -0.15) is 0 Å². The molecule has 0 aliphatic heterocycles. The highest BCUT2D eigenvalue weighted by molar-refractivity contribution is 7.80. The van der Waals surface area contributed by atoms with E-state index in [1.165, 1.54) is 12.1 Å². The first-order valence-electron chi connectivity index (χ1n) is 5.29. The van der Waals surface area contributed by atoms with Crippen molar-refractivity contribution < 1.29 is 4.39 Å². The SMILES string of the molecule is NC(=S)c1ccc(Nc2ccc(Cl)c(Cl)c2)cc1F. The zero-order valence-corrected chi connectivity index (χ0v) is 11.9. The number of benzene rings is 2. The molecule has 0 heterocycles. The van der Waals surface area contributed by atoms with Crippen molar-refractivity contribution in [2.45, 2.75) is 0 Å². The van der Waals surface area contributed by atoms with Gasteiger partial charge in [-0.3, -0.25) is 0 Å². The van der Waals surface area contributed by atoms with E-state index in [0.717, 1.165) is 0 Å². The summed E-state index contributed by atoms with van der Waals surface area (Å²) in [6, 6.07) is 9.58. The van der Waals surface area contributed by atoms with E-state index in [9.17, 15) is 4.39 Å². The third kappa shape index (κ3) is 3.35. The number of halogens is 3. The highest BCUT2D eigenvalue weighted by Crippen LogP contribution is 2.27. The summed E-state index contributed by atoms with van der Waals surface area (Å²) in [6.07, 6.45) is 0. The number of rotatable bonds is 3. The third-order valence-electron chi connectivity index (χ3n) is 2.44. The summed E-state index contributed by atoms with van der Waals surface area (Å²) in [7, 11) is 0. The lowest BCUT2D eigenvalue weighted by Crippen LogP contribution is -2.11. The monoisotopic (exact) mass is 314 g/mol. The normalized spacial score (nSPS) is 10.3. The van der Waals surface area contributed by atoms with Crippen LogP contribution in [0.15, 0.2) is 36.4 Å². The van der Waals surface area contributed by atoms with Gasteiger partial charge in [0.25, 0.3) is 0 Å². The van der Waals surface area contributed by atoms with E-state index in [1.807, 2.05) is 0 Å². The molecule has 98 valence electrons. The van der Waals surface area contributed by atoms with Gasteiger partial charge in [0.05, 0.1) is 10.0 Å². The minimum atomic E-state index is -0.474. The predicted molar refractivity (Wildman–Crippen MR) is 82.0 cm³/mol. The van der Waals surface area contributed by atoms with Crippen LogP contribution in [0.2, 0.25) is 10.0 Å². The first-order valence-corrected chi connectivity index (χ1v) is 6.45. The van der Waals surface area contributed by atoms with Crippen LogP contribution in [0.1, 0.15) is 5.56 Å². The Morgan fingerprint density at radius 3 is 2.26 bits per heavy atom. The molecule has 6 heteroatoms. The van der Waals surface area contributed by atoms with E-state index in [4.69, 9.17) is 41.2 Å². The molecule has 0 radical (unpaired) electrons. The van der Waals surface area contributed by atoms with Gasteiger partial charge in [0.15, 0.2) is 0 Å². The first kappa shape index (κ1) is 14.1. The molecule has 0 atom stereocenters. The highest BCUT2D eigenvalue weighted by Gasteiger charge is 2.06. The van der Waals surface area contributed by atoms with Gasteiger partial charge in [0.2, 0.25) is 0 Å². The quantitative estimate of drug-likeness (QED) is 0.819. The molecule has 0 amide bonds. The molecular formula is C13H9Cl2FN2S. The summed E-state index contributed by atoms with van der Waals surface area (Å²) in [5, 5.41) is 3.90. The molecule has 2 aromatic carbocycles. The fourth-order valence-electron chi connectivity index (χ4n) is 1.53. The zero-order chi connectivity index (χ0) is 14.0. The van der Waals surface area contributed by atoms with Crippen LogP contribution in [-0.2, 0) is 0 Å². The van der Waals surface area contributed by atoms with Crippen LogP contribution in [0.25, 0.3) is 0 Å². The summed E-state index contributed by atoms with van der Waals surface area (Å²) in [4.78, 5) is 0.0265. The van der Waals surface area contributed by atoms with Gasteiger partial charge in [0.1, 0.15) is 10.8 Å². The minimum absolute atomic E-state index is 0.0265. The van der Waals surface area contributed by atoms with E-state index in [-0.39, 0.29) is 10.6 Å². The molecule has 0 fully saturated rings. The second kappa shape index (κ2) is 5.74. The lowest BCUT2D eigenvalue weighted by Gasteiger charge is -2.09. The van der Waals surface area contributed by atoms with Crippen LogP contribution in [0.4, 0.5) is 15.8 Å². The molecule has 0 aliphatic carbocycles. The van der Waals surface area contributed by atoms with Crippen LogP contribution >= 0.6 is 35.4 Å². The molecule has 0 bridgehead atoms. The summed E-state index contributed by atoms with van der Waals surface area (Å²) in [6.45, 7) is 0. The smallest absolute Gasteiger partial charge is 0.135 e. The number of anilines is 2. The second-order valence-corrected chi connectivity index (χ2v) is 5.07. The molecular weight excluding hydrogens is 306 g/mol. The van der Waals surface area contributed by atoms with Crippen LogP contribution in [0.5, 0.6) is 0 Å². The largest absolute Gasteiger partial charge is 0.389 e. The molecule has 2 rings (SSSR count). The molecule has 0 spiro atoms. The second-order valence-electron chi connectivity index (χ2n) is 3.81. The van der Waals surface area contributed by atoms with E-state index in [2.05, 4.69) is 5.32 Å². The van der Waals surface area contributed by atoms with Crippen molar-refractivity contribution in [2.24, 2.45) is 5.73 Å². The Bertz CT molecular complexity index is 647. The van der Waals surface area contributed by atoms with Gasteiger partial charge in [-0.25, -0.2) is 4.39 Å². The Hall–Kier alpha value is -1.36. The van der Waals surface area contributed by atoms with Gasteiger partial charge in [0, 0.05) is 16.9 Å². The van der Waals surface area contributed by atoms with Gasteiger partial charge < -0.3 is 11.1 Å². The molecule has 0 saturated heterocycles. The maximum absolute atomic E-state index is 13.7. The maximum atomic E-state index is 13.7. The Morgan fingerprint density at radius 2 is 1.68 bits per heavy atom. The number of hydrogen-bond donors (Lipinski definition) is 2. The van der Waals surface area contributed by atoms with Crippen molar-refractivity contribution in [1.82, 2.24) is 0 Å². The van der Waals surface area contributed by atoms with Crippen molar-refractivity contribution in [1.29, 1.82) is 0 Å². The fraction of sp³-hybridized carbons (Fsp3) is 0. The van der Waals surface area contributed by atoms with E-state index in [0.29, 0.717) is 21.4 Å². The first-order chi connectivity index (χ1) is 8.97. The average molecular weight is 315 g/mol. The molecule has 0 aliphatic rings. The molecule has 2 nitrogen and oxygen atoms in total. The van der Waals surface area contributed by atoms with Crippen LogP contribution < -0.4 is 11.1 Å². The number of nitrogens with two attached hydrogens (primary N) is 1. The summed E-state index contributed by atoms with van der Waals surface area (Å²) in [5.74, 6) is -0.474. The van der Waals surface area contributed by atoms with Crippen molar-refractivity contribution in [2.75, 3.05) is 5.32 Å². The zero-order valence-electron chi connectivity index (χ0n) is 9.58. The predicted octanol–water partition coefficient (Wildman–Crippen LogP) is 4.51. The molecule has 2 aromatic rings. The molecule has 0 unspecified atom stereocenters. The van der Waals surface area contributed by atoms with Crippen molar-refractivity contribution in [3.63, 3.8) is 0 Å².